The SMILES string of the molecule is COc1cc(NC(=O)c2cc(-c3ccccn3)n[nH]2)ccc1NC(=O)CC(C)C. The molecule has 3 N–H and O–H groups in total. The number of anilines is 2. The lowest BCUT2D eigenvalue weighted by molar-refractivity contribution is -0.116. The van der Waals surface area contributed by atoms with Crippen LogP contribution >= 0.6 is 0 Å². The highest BCUT2D eigenvalue weighted by Gasteiger charge is 2.14. The molecule has 2 aromatic heterocycles. The van der Waals surface area contributed by atoms with Gasteiger partial charge in [-0.15, -0.1) is 0 Å². The Balaban J connectivity index is 1.71. The lowest BCUT2D eigenvalue weighted by Gasteiger charge is -2.13. The lowest BCUT2D eigenvalue weighted by Crippen LogP contribution is -2.15. The molecule has 1 aromatic carbocycles. The number of benzene rings is 1. The molecule has 0 bridgehead atoms. The van der Waals surface area contributed by atoms with E-state index < -0.39 is 0 Å². The third kappa shape index (κ3) is 5.19. The molecule has 0 saturated carbocycles. The van der Waals surface area contributed by atoms with E-state index in [4.69, 9.17) is 4.74 Å². The van der Waals surface area contributed by atoms with Crippen molar-refractivity contribution in [3.63, 3.8) is 0 Å². The maximum absolute atomic E-state index is 12.5. The van der Waals surface area contributed by atoms with E-state index in [2.05, 4.69) is 25.8 Å². The molecule has 0 aliphatic carbocycles. The molecule has 0 fully saturated rings. The first-order valence-corrected chi connectivity index (χ1v) is 9.22. The first kappa shape index (κ1) is 20.1. The number of H-pyrrole nitrogens is 1. The number of hydrogen-bond acceptors (Lipinski definition) is 5. The second-order valence-corrected chi connectivity index (χ2v) is 6.90. The van der Waals surface area contributed by atoms with Crippen molar-refractivity contribution in [2.24, 2.45) is 5.92 Å². The molecular formula is C21H23N5O3. The number of nitrogens with zero attached hydrogens (tertiary/aromatic N) is 2. The van der Waals surface area contributed by atoms with Crippen LogP contribution in [-0.4, -0.2) is 34.1 Å². The van der Waals surface area contributed by atoms with Gasteiger partial charge >= 0.3 is 0 Å². The Morgan fingerprint density at radius 1 is 1.10 bits per heavy atom. The molecule has 0 aliphatic heterocycles. The normalized spacial score (nSPS) is 10.6. The summed E-state index contributed by atoms with van der Waals surface area (Å²) in [6.07, 6.45) is 2.08. The van der Waals surface area contributed by atoms with E-state index >= 15 is 0 Å². The van der Waals surface area contributed by atoms with Crippen LogP contribution < -0.4 is 15.4 Å². The molecule has 29 heavy (non-hydrogen) atoms. The highest BCUT2D eigenvalue weighted by Crippen LogP contribution is 2.28. The summed E-state index contributed by atoms with van der Waals surface area (Å²) in [5.74, 6) is 0.275. The van der Waals surface area contributed by atoms with E-state index in [0.29, 0.717) is 40.6 Å². The Hall–Kier alpha value is -3.68. The van der Waals surface area contributed by atoms with E-state index in [0.717, 1.165) is 0 Å². The summed E-state index contributed by atoms with van der Waals surface area (Å²) in [4.78, 5) is 28.7. The average molecular weight is 393 g/mol. The average Bonchev–Trinajstić information content (AvgIpc) is 3.19. The minimum atomic E-state index is -0.349. The van der Waals surface area contributed by atoms with Crippen molar-refractivity contribution in [3.8, 4) is 17.1 Å². The summed E-state index contributed by atoms with van der Waals surface area (Å²) in [6.45, 7) is 3.95. The minimum absolute atomic E-state index is 0.0883. The van der Waals surface area contributed by atoms with E-state index in [9.17, 15) is 9.59 Å². The standard InChI is InChI=1S/C21H23N5O3/c1-13(2)10-20(27)24-16-8-7-14(11-19(16)29-3)23-21(28)18-12-17(25-26-18)15-6-4-5-9-22-15/h4-9,11-13H,10H2,1-3H3,(H,23,28)(H,24,27)(H,25,26). The smallest absolute Gasteiger partial charge is 0.273 e. The van der Waals surface area contributed by atoms with Gasteiger partial charge in [-0.1, -0.05) is 19.9 Å². The van der Waals surface area contributed by atoms with E-state index in [1.807, 2.05) is 32.0 Å². The molecular weight excluding hydrogens is 370 g/mol. The third-order valence-electron chi connectivity index (χ3n) is 4.08. The fourth-order valence-corrected chi connectivity index (χ4v) is 2.73. The first-order valence-electron chi connectivity index (χ1n) is 9.22. The quantitative estimate of drug-likeness (QED) is 0.567. The molecule has 3 rings (SSSR count). The van der Waals surface area contributed by atoms with Gasteiger partial charge in [0.15, 0.2) is 0 Å². The van der Waals surface area contributed by atoms with Crippen LogP contribution in [0, 0.1) is 5.92 Å². The van der Waals surface area contributed by atoms with Crippen LogP contribution in [0.2, 0.25) is 0 Å². The van der Waals surface area contributed by atoms with Crippen LogP contribution in [0.4, 0.5) is 11.4 Å². The predicted molar refractivity (Wildman–Crippen MR) is 111 cm³/mol. The highest BCUT2D eigenvalue weighted by atomic mass is 16.5. The maximum Gasteiger partial charge on any atom is 0.273 e. The molecule has 8 nitrogen and oxygen atoms in total. The zero-order valence-electron chi connectivity index (χ0n) is 16.5. The number of hydrogen-bond donors (Lipinski definition) is 3. The topological polar surface area (TPSA) is 109 Å². The lowest BCUT2D eigenvalue weighted by atomic mass is 10.1. The molecule has 2 heterocycles. The second kappa shape index (κ2) is 9.01. The predicted octanol–water partition coefficient (Wildman–Crippen LogP) is 3.72. The van der Waals surface area contributed by atoms with Crippen molar-refractivity contribution >= 4 is 23.2 Å². The number of aromatic nitrogens is 3. The van der Waals surface area contributed by atoms with Crippen LogP contribution in [0.5, 0.6) is 5.75 Å². The Kier molecular flexibility index (Phi) is 6.23. The van der Waals surface area contributed by atoms with Gasteiger partial charge in [-0.3, -0.25) is 19.7 Å². The Morgan fingerprint density at radius 2 is 1.93 bits per heavy atom. The van der Waals surface area contributed by atoms with Gasteiger partial charge in [-0.25, -0.2) is 0 Å². The molecule has 0 atom stereocenters. The highest BCUT2D eigenvalue weighted by molar-refractivity contribution is 6.04. The van der Waals surface area contributed by atoms with E-state index in [1.54, 1.807) is 30.5 Å². The number of methoxy groups -OCH3 is 1. The summed E-state index contributed by atoms with van der Waals surface area (Å²) < 4.78 is 5.35. The van der Waals surface area contributed by atoms with Crippen molar-refractivity contribution in [1.29, 1.82) is 0 Å². The van der Waals surface area contributed by atoms with Gasteiger partial charge in [0.25, 0.3) is 5.91 Å². The molecule has 0 saturated heterocycles. The number of carbonyl (C=O) groups excluding carboxylic acids is 2. The number of rotatable bonds is 7. The van der Waals surface area contributed by atoms with Crippen molar-refractivity contribution < 1.29 is 14.3 Å². The second-order valence-electron chi connectivity index (χ2n) is 6.90. The van der Waals surface area contributed by atoms with E-state index in [-0.39, 0.29) is 17.7 Å². The van der Waals surface area contributed by atoms with Crippen LogP contribution in [0.3, 0.4) is 0 Å². The zero-order chi connectivity index (χ0) is 20.8. The van der Waals surface area contributed by atoms with Crippen LogP contribution in [-0.2, 0) is 4.79 Å². The minimum Gasteiger partial charge on any atom is -0.494 e. The summed E-state index contributed by atoms with van der Waals surface area (Å²) in [5, 5.41) is 12.5. The summed E-state index contributed by atoms with van der Waals surface area (Å²) in [5.41, 5.74) is 2.64. The summed E-state index contributed by atoms with van der Waals surface area (Å²) in [7, 11) is 1.51. The number of ether oxygens (including phenoxy) is 1. The van der Waals surface area contributed by atoms with Crippen molar-refractivity contribution in [1.82, 2.24) is 15.2 Å². The van der Waals surface area contributed by atoms with Gasteiger partial charge < -0.3 is 15.4 Å². The largest absolute Gasteiger partial charge is 0.494 e. The van der Waals surface area contributed by atoms with Gasteiger partial charge in [-0.2, -0.15) is 5.10 Å². The molecule has 0 radical (unpaired) electrons. The molecule has 3 aromatic rings. The number of pyridine rings is 1. The van der Waals surface area contributed by atoms with Gasteiger partial charge in [0.2, 0.25) is 5.91 Å². The van der Waals surface area contributed by atoms with Crippen LogP contribution in [0.1, 0.15) is 30.8 Å². The molecule has 0 spiro atoms. The van der Waals surface area contributed by atoms with Crippen LogP contribution in [0.25, 0.3) is 11.4 Å². The molecule has 0 aliphatic rings. The van der Waals surface area contributed by atoms with Gasteiger partial charge in [-0.05, 0) is 36.2 Å². The fraction of sp³-hybridized carbons (Fsp3) is 0.238. The monoisotopic (exact) mass is 393 g/mol. The van der Waals surface area contributed by atoms with Crippen molar-refractivity contribution in [2.75, 3.05) is 17.7 Å². The van der Waals surface area contributed by atoms with Gasteiger partial charge in [0.05, 0.1) is 18.5 Å². The summed E-state index contributed by atoms with van der Waals surface area (Å²) in [6, 6.07) is 12.2. The number of carbonyl (C=O) groups is 2. The number of nitrogens with one attached hydrogen (secondary N) is 3. The summed E-state index contributed by atoms with van der Waals surface area (Å²) >= 11 is 0. The van der Waals surface area contributed by atoms with Gasteiger partial charge in [0, 0.05) is 24.4 Å². The third-order valence-corrected chi connectivity index (χ3v) is 4.08. The Labute approximate surface area is 168 Å². The van der Waals surface area contributed by atoms with Crippen molar-refractivity contribution in [2.45, 2.75) is 20.3 Å². The molecule has 150 valence electrons. The first-order chi connectivity index (χ1) is 14.0. The molecule has 8 heteroatoms. The van der Waals surface area contributed by atoms with Gasteiger partial charge in [0.1, 0.15) is 17.1 Å². The molecule has 0 unspecified atom stereocenters. The Bertz CT molecular complexity index is 999. The van der Waals surface area contributed by atoms with E-state index in [1.165, 1.54) is 7.11 Å². The molecule has 2 amide bonds. The number of amides is 2. The van der Waals surface area contributed by atoms with Crippen LogP contribution in [0.15, 0.2) is 48.7 Å². The van der Waals surface area contributed by atoms with Crippen molar-refractivity contribution in [3.05, 3.63) is 54.4 Å². The Morgan fingerprint density at radius 3 is 2.62 bits per heavy atom. The number of aromatic amines is 1. The fourth-order valence-electron chi connectivity index (χ4n) is 2.73. The maximum atomic E-state index is 12.5. The zero-order valence-corrected chi connectivity index (χ0v) is 16.5.